The molecule has 2 aromatic carbocycles. The van der Waals surface area contributed by atoms with Crippen LogP contribution in [-0.2, 0) is 0 Å². The second-order valence-corrected chi connectivity index (χ2v) is 6.85. The van der Waals surface area contributed by atoms with Crippen molar-refractivity contribution >= 4 is 0 Å². The minimum atomic E-state index is 0.722. The van der Waals surface area contributed by atoms with E-state index in [1.807, 2.05) is 30.3 Å². The van der Waals surface area contributed by atoms with Gasteiger partial charge in [-0.1, -0.05) is 48.8 Å². The predicted molar refractivity (Wildman–Crippen MR) is 102 cm³/mol. The van der Waals surface area contributed by atoms with Crippen LogP contribution in [0.4, 0.5) is 0 Å². The van der Waals surface area contributed by atoms with Gasteiger partial charge in [0.2, 0.25) is 0 Å². The molecule has 25 heavy (non-hydrogen) atoms. The summed E-state index contributed by atoms with van der Waals surface area (Å²) in [6.07, 6.45) is 2.28. The number of nitrogens with zero attached hydrogens (tertiary/aromatic N) is 1. The molecule has 0 aliphatic carbocycles. The smallest absolute Gasteiger partial charge is 0.167 e. The fraction of sp³-hybridized carbons (Fsp3) is 0.318. The summed E-state index contributed by atoms with van der Waals surface area (Å²) in [5, 5.41) is 4.19. The number of benzene rings is 2. The van der Waals surface area contributed by atoms with E-state index in [2.05, 4.69) is 50.2 Å². The van der Waals surface area contributed by atoms with Gasteiger partial charge < -0.3 is 9.26 Å². The molecule has 0 spiro atoms. The number of aromatic nitrogens is 1. The van der Waals surface area contributed by atoms with Crippen LogP contribution in [0.3, 0.4) is 0 Å². The summed E-state index contributed by atoms with van der Waals surface area (Å²) < 4.78 is 11.3. The summed E-state index contributed by atoms with van der Waals surface area (Å²) in [5.74, 6) is 2.38. The molecule has 0 atom stereocenters. The molecule has 0 saturated carbocycles. The van der Waals surface area contributed by atoms with Gasteiger partial charge in [-0.2, -0.15) is 0 Å². The van der Waals surface area contributed by atoms with Crippen LogP contribution in [0, 0.1) is 12.8 Å². The first-order valence-corrected chi connectivity index (χ1v) is 8.89. The second-order valence-electron chi connectivity index (χ2n) is 6.85. The first-order chi connectivity index (χ1) is 12.1. The fourth-order valence-corrected chi connectivity index (χ4v) is 2.67. The van der Waals surface area contributed by atoms with Crippen LogP contribution < -0.4 is 4.74 Å². The van der Waals surface area contributed by atoms with Crippen molar-refractivity contribution in [1.82, 2.24) is 5.16 Å². The predicted octanol–water partition coefficient (Wildman–Crippen LogP) is 6.13. The van der Waals surface area contributed by atoms with E-state index in [9.17, 15) is 0 Å². The summed E-state index contributed by atoms with van der Waals surface area (Å²) in [4.78, 5) is 0. The zero-order valence-electron chi connectivity index (χ0n) is 15.2. The lowest BCUT2D eigenvalue weighted by atomic mass is 10.1. The van der Waals surface area contributed by atoms with E-state index in [0.717, 1.165) is 47.3 Å². The van der Waals surface area contributed by atoms with Crippen molar-refractivity contribution in [1.29, 1.82) is 0 Å². The Labute approximate surface area is 149 Å². The van der Waals surface area contributed by atoms with Crippen molar-refractivity contribution in [2.75, 3.05) is 6.61 Å². The SMILES string of the molecule is Cc1ccc(-c2cc(-c3ccc(OCCCC(C)C)cc3)on2)cc1. The molecule has 0 amide bonds. The largest absolute Gasteiger partial charge is 0.494 e. The second kappa shape index (κ2) is 8.02. The monoisotopic (exact) mass is 335 g/mol. The first kappa shape index (κ1) is 17.3. The highest BCUT2D eigenvalue weighted by Gasteiger charge is 2.09. The lowest BCUT2D eigenvalue weighted by Crippen LogP contribution is -1.99. The van der Waals surface area contributed by atoms with Gasteiger partial charge in [-0.3, -0.25) is 0 Å². The molecule has 0 aliphatic heterocycles. The highest BCUT2D eigenvalue weighted by Crippen LogP contribution is 2.27. The van der Waals surface area contributed by atoms with Crippen LogP contribution in [0.5, 0.6) is 5.75 Å². The maximum atomic E-state index is 5.79. The zero-order valence-corrected chi connectivity index (χ0v) is 15.2. The van der Waals surface area contributed by atoms with E-state index in [0.29, 0.717) is 0 Å². The molecule has 0 aliphatic rings. The normalized spacial score (nSPS) is 11.0. The average Bonchev–Trinajstić information content (AvgIpc) is 3.10. The van der Waals surface area contributed by atoms with Crippen LogP contribution in [-0.4, -0.2) is 11.8 Å². The number of aryl methyl sites for hydroxylation is 1. The molecule has 3 heteroatoms. The number of ether oxygens (including phenoxy) is 1. The molecule has 0 unspecified atom stereocenters. The van der Waals surface area contributed by atoms with Crippen molar-refractivity contribution < 1.29 is 9.26 Å². The maximum absolute atomic E-state index is 5.79. The molecule has 3 nitrogen and oxygen atoms in total. The zero-order chi connectivity index (χ0) is 17.6. The van der Waals surface area contributed by atoms with E-state index in [-0.39, 0.29) is 0 Å². The number of hydrogen-bond acceptors (Lipinski definition) is 3. The van der Waals surface area contributed by atoms with Crippen molar-refractivity contribution in [2.24, 2.45) is 5.92 Å². The Morgan fingerprint density at radius 3 is 2.32 bits per heavy atom. The third kappa shape index (κ3) is 4.72. The van der Waals surface area contributed by atoms with E-state index < -0.39 is 0 Å². The Hall–Kier alpha value is -2.55. The van der Waals surface area contributed by atoms with Gasteiger partial charge in [-0.15, -0.1) is 0 Å². The standard InChI is InChI=1S/C22H25NO2/c1-16(2)5-4-14-24-20-12-10-19(11-13-20)22-15-21(23-25-22)18-8-6-17(3)7-9-18/h6-13,15-16H,4-5,14H2,1-3H3. The van der Waals surface area contributed by atoms with Gasteiger partial charge in [0.05, 0.1) is 6.61 Å². The van der Waals surface area contributed by atoms with Crippen molar-refractivity contribution in [3.05, 3.63) is 60.2 Å². The molecule has 0 radical (unpaired) electrons. The van der Waals surface area contributed by atoms with Gasteiger partial charge in [0.15, 0.2) is 5.76 Å². The highest BCUT2D eigenvalue weighted by molar-refractivity contribution is 5.67. The lowest BCUT2D eigenvalue weighted by Gasteiger charge is -2.07. The summed E-state index contributed by atoms with van der Waals surface area (Å²) in [7, 11) is 0. The number of rotatable bonds is 7. The maximum Gasteiger partial charge on any atom is 0.167 e. The highest BCUT2D eigenvalue weighted by atomic mass is 16.5. The molecule has 0 N–H and O–H groups in total. The Bertz CT molecular complexity index is 786. The molecule has 0 bridgehead atoms. The summed E-state index contributed by atoms with van der Waals surface area (Å²) in [6, 6.07) is 18.2. The van der Waals surface area contributed by atoms with Crippen LogP contribution in [0.15, 0.2) is 59.1 Å². The molecule has 3 rings (SSSR count). The molecule has 1 aromatic heterocycles. The van der Waals surface area contributed by atoms with Crippen molar-refractivity contribution in [3.63, 3.8) is 0 Å². The minimum Gasteiger partial charge on any atom is -0.494 e. The average molecular weight is 335 g/mol. The van der Waals surface area contributed by atoms with Crippen LogP contribution in [0.25, 0.3) is 22.6 Å². The minimum absolute atomic E-state index is 0.722. The van der Waals surface area contributed by atoms with Gasteiger partial charge in [0, 0.05) is 17.2 Å². The summed E-state index contributed by atoms with van der Waals surface area (Å²) >= 11 is 0. The molecule has 0 fully saturated rings. The fourth-order valence-electron chi connectivity index (χ4n) is 2.67. The van der Waals surface area contributed by atoms with Crippen LogP contribution in [0.2, 0.25) is 0 Å². The molecule has 3 aromatic rings. The molecular formula is C22H25NO2. The molecule has 130 valence electrons. The van der Waals surface area contributed by atoms with Gasteiger partial charge in [0.1, 0.15) is 11.4 Å². The Morgan fingerprint density at radius 2 is 1.64 bits per heavy atom. The first-order valence-electron chi connectivity index (χ1n) is 8.89. The van der Waals surface area contributed by atoms with E-state index in [1.54, 1.807) is 0 Å². The third-order valence-electron chi connectivity index (χ3n) is 4.19. The van der Waals surface area contributed by atoms with Crippen LogP contribution in [0.1, 0.15) is 32.3 Å². The summed E-state index contributed by atoms with van der Waals surface area (Å²) in [6.45, 7) is 7.30. The Balaban J connectivity index is 1.63. The van der Waals surface area contributed by atoms with Crippen molar-refractivity contribution in [3.8, 4) is 28.3 Å². The summed E-state index contributed by atoms with van der Waals surface area (Å²) in [5.41, 5.74) is 4.14. The Morgan fingerprint density at radius 1 is 0.960 bits per heavy atom. The van der Waals surface area contributed by atoms with Gasteiger partial charge in [0.25, 0.3) is 0 Å². The van der Waals surface area contributed by atoms with E-state index >= 15 is 0 Å². The van der Waals surface area contributed by atoms with Gasteiger partial charge in [-0.05, 0) is 49.9 Å². The molecule has 0 saturated heterocycles. The van der Waals surface area contributed by atoms with E-state index in [1.165, 1.54) is 12.0 Å². The van der Waals surface area contributed by atoms with Gasteiger partial charge >= 0.3 is 0 Å². The molecule has 1 heterocycles. The number of hydrogen-bond donors (Lipinski definition) is 0. The van der Waals surface area contributed by atoms with Crippen LogP contribution >= 0.6 is 0 Å². The topological polar surface area (TPSA) is 35.3 Å². The quantitative estimate of drug-likeness (QED) is 0.487. The molecular weight excluding hydrogens is 310 g/mol. The Kier molecular flexibility index (Phi) is 5.54. The third-order valence-corrected chi connectivity index (χ3v) is 4.19. The lowest BCUT2D eigenvalue weighted by molar-refractivity contribution is 0.298. The van der Waals surface area contributed by atoms with E-state index in [4.69, 9.17) is 9.26 Å². The van der Waals surface area contributed by atoms with Crippen molar-refractivity contribution in [2.45, 2.75) is 33.6 Å². The van der Waals surface area contributed by atoms with Gasteiger partial charge in [-0.25, -0.2) is 0 Å².